The highest BCUT2D eigenvalue weighted by molar-refractivity contribution is 5.77. The van der Waals surface area contributed by atoms with Crippen LogP contribution in [0.2, 0.25) is 0 Å². The highest BCUT2D eigenvalue weighted by Gasteiger charge is 2.66. The van der Waals surface area contributed by atoms with Crippen molar-refractivity contribution in [3.05, 3.63) is 35.9 Å². The van der Waals surface area contributed by atoms with Crippen LogP contribution in [0.25, 0.3) is 0 Å². The summed E-state index contributed by atoms with van der Waals surface area (Å²) in [6, 6.07) is 8.11. The van der Waals surface area contributed by atoms with Crippen LogP contribution in [-0.4, -0.2) is 49.0 Å². The van der Waals surface area contributed by atoms with E-state index in [4.69, 9.17) is 4.84 Å². The number of alkyl halides is 3. The Bertz CT molecular complexity index is 660. The Balaban J connectivity index is 2.12. The largest absolute Gasteiger partial charge is 0.497 e. The van der Waals surface area contributed by atoms with Gasteiger partial charge in [0, 0.05) is 31.5 Å². The van der Waals surface area contributed by atoms with E-state index in [1.807, 2.05) is 0 Å². The van der Waals surface area contributed by atoms with E-state index in [1.54, 1.807) is 30.3 Å². The van der Waals surface area contributed by atoms with E-state index in [1.165, 1.54) is 0 Å². The van der Waals surface area contributed by atoms with Gasteiger partial charge in [-0.25, -0.2) is 9.59 Å². The van der Waals surface area contributed by atoms with Gasteiger partial charge in [-0.3, -0.25) is 10.2 Å². The second kappa shape index (κ2) is 6.30. The molecule has 0 saturated carbocycles. The minimum absolute atomic E-state index is 0.0461. The summed E-state index contributed by atoms with van der Waals surface area (Å²) in [5.74, 6) is -2.35. The molecule has 3 rings (SSSR count). The molecule has 1 atom stereocenters. The summed E-state index contributed by atoms with van der Waals surface area (Å²) >= 11 is 0. The monoisotopic (exact) mass is 358 g/mol. The van der Waals surface area contributed by atoms with Crippen LogP contribution in [0, 0.1) is 0 Å². The number of carbonyl (C=O) groups is 2. The fraction of sp³-hybridized carbons (Fsp3) is 0.500. The maximum Gasteiger partial charge on any atom is 0.497 e. The van der Waals surface area contributed by atoms with Gasteiger partial charge < -0.3 is 5.32 Å². The van der Waals surface area contributed by atoms with Gasteiger partial charge >= 0.3 is 18.2 Å². The Kier molecular flexibility index (Phi) is 4.46. The molecule has 9 heteroatoms. The molecule has 0 aliphatic carbocycles. The van der Waals surface area contributed by atoms with Crippen LogP contribution in [0.4, 0.5) is 18.0 Å². The van der Waals surface area contributed by atoms with Crippen molar-refractivity contribution >= 4 is 12.0 Å². The van der Waals surface area contributed by atoms with Crippen LogP contribution in [0.1, 0.15) is 18.4 Å². The number of quaternary nitrogens is 1. The lowest BCUT2D eigenvalue weighted by Gasteiger charge is -2.46. The number of nitrogens with zero attached hydrogens (tertiary/aromatic N) is 1. The van der Waals surface area contributed by atoms with Crippen LogP contribution >= 0.6 is 0 Å². The predicted molar refractivity (Wildman–Crippen MR) is 80.9 cm³/mol. The van der Waals surface area contributed by atoms with E-state index in [9.17, 15) is 22.8 Å². The average Bonchev–Trinajstić information content (AvgIpc) is 2.97. The standard InChI is InChI=1S/C16H18F3N3O3/c17-16(18,19)13(23)25-22(11-10-21-14(22)24)15(6-8-20-9-7-15)12-4-2-1-3-5-12/h1-5,20H,6-11H2/p+1. The number of nitrogens with one attached hydrogen (secondary N) is 2. The number of amides is 2. The fourth-order valence-corrected chi connectivity index (χ4v) is 3.77. The van der Waals surface area contributed by atoms with Gasteiger partial charge in [-0.2, -0.15) is 13.2 Å². The van der Waals surface area contributed by atoms with Crippen molar-refractivity contribution in [1.29, 1.82) is 0 Å². The molecule has 1 unspecified atom stereocenters. The molecule has 2 N–H and O–H groups in total. The average molecular weight is 358 g/mol. The molecule has 0 radical (unpaired) electrons. The van der Waals surface area contributed by atoms with Crippen LogP contribution in [0.15, 0.2) is 30.3 Å². The Hall–Kier alpha value is -2.13. The summed E-state index contributed by atoms with van der Waals surface area (Å²) in [5.41, 5.74) is -0.378. The smallest absolute Gasteiger partial charge is 0.316 e. The maximum atomic E-state index is 12.9. The first-order valence-corrected chi connectivity index (χ1v) is 8.05. The first-order chi connectivity index (χ1) is 11.8. The zero-order chi connectivity index (χ0) is 18.1. The van der Waals surface area contributed by atoms with Gasteiger partial charge in [0.1, 0.15) is 6.54 Å². The Labute approximate surface area is 142 Å². The SMILES string of the molecule is O=C(O[N+]1(C2(c3ccccc3)CCNCC2)CCNC1=O)C(F)(F)F. The quantitative estimate of drug-likeness (QED) is 0.809. The first-order valence-electron chi connectivity index (χ1n) is 8.05. The van der Waals surface area contributed by atoms with E-state index in [-0.39, 0.29) is 13.1 Å². The van der Waals surface area contributed by atoms with Crippen LogP contribution in [-0.2, 0) is 15.2 Å². The van der Waals surface area contributed by atoms with Gasteiger partial charge in [0.2, 0.25) is 0 Å². The van der Waals surface area contributed by atoms with E-state index in [2.05, 4.69) is 10.6 Å². The van der Waals surface area contributed by atoms with Crippen molar-refractivity contribution in [2.45, 2.75) is 24.6 Å². The second-order valence-corrected chi connectivity index (χ2v) is 6.22. The maximum absolute atomic E-state index is 12.9. The van der Waals surface area contributed by atoms with E-state index in [0.717, 1.165) is 0 Å². The lowest BCUT2D eigenvalue weighted by molar-refractivity contribution is -1.07. The van der Waals surface area contributed by atoms with Crippen LogP contribution in [0.5, 0.6) is 0 Å². The molecule has 2 heterocycles. The normalized spacial score (nSPS) is 26.1. The van der Waals surface area contributed by atoms with E-state index in [0.29, 0.717) is 31.5 Å². The minimum Gasteiger partial charge on any atom is -0.316 e. The van der Waals surface area contributed by atoms with Gasteiger partial charge in [-0.15, -0.1) is 0 Å². The van der Waals surface area contributed by atoms with Gasteiger partial charge in [0.25, 0.3) is 0 Å². The van der Waals surface area contributed by atoms with Crippen molar-refractivity contribution in [2.75, 3.05) is 26.2 Å². The molecule has 1 aromatic rings. The van der Waals surface area contributed by atoms with Gasteiger partial charge in [0.05, 0.1) is 6.54 Å². The summed E-state index contributed by atoms with van der Waals surface area (Å²) < 4.78 is 37.6. The molecule has 2 aliphatic heterocycles. The summed E-state index contributed by atoms with van der Waals surface area (Å²) in [5, 5.41) is 5.67. The molecule has 0 spiro atoms. The highest BCUT2D eigenvalue weighted by Crippen LogP contribution is 2.45. The molecule has 2 amide bonds. The first kappa shape index (κ1) is 17.7. The summed E-state index contributed by atoms with van der Waals surface area (Å²) in [7, 11) is 0. The zero-order valence-corrected chi connectivity index (χ0v) is 13.4. The topological polar surface area (TPSA) is 67.4 Å². The Morgan fingerprint density at radius 1 is 1.12 bits per heavy atom. The van der Waals surface area contributed by atoms with Crippen molar-refractivity contribution in [1.82, 2.24) is 10.6 Å². The van der Waals surface area contributed by atoms with E-state index >= 15 is 0 Å². The molecule has 2 fully saturated rings. The van der Waals surface area contributed by atoms with E-state index < -0.39 is 28.4 Å². The third kappa shape index (κ3) is 2.87. The number of carbonyl (C=O) groups excluding carboxylic acids is 2. The van der Waals surface area contributed by atoms with Gasteiger partial charge in [0.15, 0.2) is 5.54 Å². The number of benzene rings is 1. The summed E-state index contributed by atoms with van der Waals surface area (Å²) in [6.07, 6.45) is -4.43. The van der Waals surface area contributed by atoms with Crippen molar-refractivity contribution in [3.8, 4) is 0 Å². The molecule has 0 aromatic heterocycles. The highest BCUT2D eigenvalue weighted by atomic mass is 19.4. The van der Waals surface area contributed by atoms with Gasteiger partial charge in [-0.05, 0) is 4.65 Å². The number of rotatable bonds is 3. The van der Waals surface area contributed by atoms with Gasteiger partial charge in [-0.1, -0.05) is 30.3 Å². The Morgan fingerprint density at radius 2 is 1.76 bits per heavy atom. The molecule has 0 bridgehead atoms. The molecule has 25 heavy (non-hydrogen) atoms. The lowest BCUT2D eigenvalue weighted by Crippen LogP contribution is -2.67. The second-order valence-electron chi connectivity index (χ2n) is 6.22. The summed E-state index contributed by atoms with van der Waals surface area (Å²) in [4.78, 5) is 29.2. The molecule has 6 nitrogen and oxygen atoms in total. The number of piperidine rings is 1. The fourth-order valence-electron chi connectivity index (χ4n) is 3.77. The number of hydrogen-bond acceptors (Lipinski definition) is 4. The molecule has 2 saturated heterocycles. The number of hydrogen-bond donors (Lipinski definition) is 2. The van der Waals surface area contributed by atoms with Crippen molar-refractivity contribution < 1.29 is 32.2 Å². The van der Waals surface area contributed by atoms with Crippen molar-refractivity contribution in [2.24, 2.45) is 0 Å². The van der Waals surface area contributed by atoms with Crippen LogP contribution < -0.4 is 10.6 Å². The third-order valence-electron chi connectivity index (χ3n) is 4.93. The molecule has 136 valence electrons. The number of urea groups is 1. The van der Waals surface area contributed by atoms with Crippen molar-refractivity contribution in [3.63, 3.8) is 0 Å². The lowest BCUT2D eigenvalue weighted by atomic mass is 9.79. The molecule has 1 aromatic carbocycles. The predicted octanol–water partition coefficient (Wildman–Crippen LogP) is 1.83. The molecule has 2 aliphatic rings. The molecular formula is C16H19F3N3O3+. The number of hydroxylamine groups is 3. The molecular weight excluding hydrogens is 339 g/mol. The summed E-state index contributed by atoms with van der Waals surface area (Å²) in [6.45, 7) is 1.11. The zero-order valence-electron chi connectivity index (χ0n) is 13.4. The Morgan fingerprint density at radius 3 is 2.28 bits per heavy atom. The third-order valence-corrected chi connectivity index (χ3v) is 4.93. The minimum atomic E-state index is -5.17. The van der Waals surface area contributed by atoms with Crippen LogP contribution in [0.3, 0.4) is 0 Å². The number of halogens is 3.